The quantitative estimate of drug-likeness (QED) is 0.456. The fourth-order valence-electron chi connectivity index (χ4n) is 4.20. The molecule has 0 saturated carbocycles. The van der Waals surface area contributed by atoms with Crippen molar-refractivity contribution in [3.05, 3.63) is 64.3 Å². The molecule has 1 atom stereocenters. The van der Waals surface area contributed by atoms with E-state index in [-0.39, 0.29) is 11.1 Å². The first-order valence-corrected chi connectivity index (χ1v) is 10.4. The first-order chi connectivity index (χ1) is 14.8. The molecule has 4 rings (SSSR count). The zero-order valence-electron chi connectivity index (χ0n) is 16.8. The van der Waals surface area contributed by atoms with Gasteiger partial charge in [-0.2, -0.15) is 13.2 Å². The van der Waals surface area contributed by atoms with Gasteiger partial charge in [0, 0.05) is 23.7 Å². The molecule has 1 aliphatic heterocycles. The van der Waals surface area contributed by atoms with Crippen molar-refractivity contribution >= 4 is 40.3 Å². The summed E-state index contributed by atoms with van der Waals surface area (Å²) in [5, 5.41) is 4.85. The summed E-state index contributed by atoms with van der Waals surface area (Å²) in [4.78, 5) is 18.0. The molecular weight excluding hydrogens is 427 g/mol. The number of rotatable bonds is 4. The number of carbonyl (C=O) groups excluding carboxylic acids is 1. The number of anilines is 2. The molecule has 1 N–H and O–H groups in total. The largest absolute Gasteiger partial charge is 0.416 e. The molecule has 1 aromatic heterocycles. The van der Waals surface area contributed by atoms with Gasteiger partial charge in [0.25, 0.3) is 0 Å². The number of hydrogen-bond acceptors (Lipinski definition) is 3. The van der Waals surface area contributed by atoms with Crippen molar-refractivity contribution in [2.75, 3.05) is 11.9 Å². The lowest BCUT2D eigenvalue weighted by molar-refractivity contribution is -0.137. The normalized spacial score (nSPS) is 17.1. The van der Waals surface area contributed by atoms with Crippen LogP contribution >= 0.6 is 11.6 Å². The Morgan fingerprint density at radius 1 is 1.23 bits per heavy atom. The second-order valence-electron chi connectivity index (χ2n) is 7.73. The Hall–Kier alpha value is -2.80. The maximum atomic E-state index is 12.9. The van der Waals surface area contributed by atoms with E-state index in [4.69, 9.17) is 11.6 Å². The predicted octanol–water partition coefficient (Wildman–Crippen LogP) is 6.64. The van der Waals surface area contributed by atoms with E-state index in [1.807, 2.05) is 30.0 Å². The number of benzene rings is 2. The van der Waals surface area contributed by atoms with Crippen LogP contribution in [-0.4, -0.2) is 22.8 Å². The lowest BCUT2D eigenvalue weighted by Crippen LogP contribution is -2.32. The fraction of sp³-hybridized carbons (Fsp3) is 0.304. The molecular formula is C23H21ClF3N3O. The Labute approximate surface area is 183 Å². The number of piperidine rings is 1. The fourth-order valence-corrected chi connectivity index (χ4v) is 4.43. The van der Waals surface area contributed by atoms with Gasteiger partial charge in [0.2, 0.25) is 6.41 Å². The molecule has 0 spiro atoms. The van der Waals surface area contributed by atoms with Crippen LogP contribution in [0.2, 0.25) is 5.02 Å². The number of hydrogen-bond donors (Lipinski definition) is 1. The molecule has 0 bridgehead atoms. The average molecular weight is 448 g/mol. The van der Waals surface area contributed by atoms with E-state index in [2.05, 4.69) is 10.3 Å². The first-order valence-electron chi connectivity index (χ1n) is 10.0. The molecule has 1 unspecified atom stereocenters. The van der Waals surface area contributed by atoms with Crippen LogP contribution in [0.4, 0.5) is 24.7 Å². The van der Waals surface area contributed by atoms with Crippen LogP contribution in [0.1, 0.15) is 42.0 Å². The van der Waals surface area contributed by atoms with Gasteiger partial charge in [-0.1, -0.05) is 29.8 Å². The number of fused-ring (bicyclic) bond motifs is 1. The van der Waals surface area contributed by atoms with Crippen LogP contribution < -0.4 is 5.32 Å². The minimum absolute atomic E-state index is 0.0408. The summed E-state index contributed by atoms with van der Waals surface area (Å²) < 4.78 is 38.8. The summed E-state index contributed by atoms with van der Waals surface area (Å²) in [6.07, 6.45) is 1.05. The second-order valence-corrected chi connectivity index (χ2v) is 8.14. The summed E-state index contributed by atoms with van der Waals surface area (Å²) in [6.45, 7) is 2.71. The summed E-state index contributed by atoms with van der Waals surface area (Å²) >= 11 is 6.12. The topological polar surface area (TPSA) is 45.2 Å². The molecule has 3 aromatic rings. The van der Waals surface area contributed by atoms with Gasteiger partial charge in [-0.05, 0) is 55.3 Å². The average Bonchev–Trinajstić information content (AvgIpc) is 2.75. The van der Waals surface area contributed by atoms with Crippen LogP contribution in [0.25, 0.3) is 10.8 Å². The van der Waals surface area contributed by atoms with Gasteiger partial charge >= 0.3 is 6.18 Å². The van der Waals surface area contributed by atoms with Crippen molar-refractivity contribution in [2.45, 2.75) is 38.4 Å². The van der Waals surface area contributed by atoms with E-state index in [0.717, 1.165) is 59.7 Å². The third-order valence-corrected chi connectivity index (χ3v) is 6.05. The highest BCUT2D eigenvalue weighted by atomic mass is 35.5. The van der Waals surface area contributed by atoms with Crippen molar-refractivity contribution in [3.8, 4) is 0 Å². The molecule has 31 heavy (non-hydrogen) atoms. The zero-order valence-corrected chi connectivity index (χ0v) is 17.6. The minimum Gasteiger partial charge on any atom is -0.339 e. The molecule has 4 nitrogen and oxygen atoms in total. The Morgan fingerprint density at radius 3 is 2.74 bits per heavy atom. The smallest absolute Gasteiger partial charge is 0.339 e. The third-order valence-electron chi connectivity index (χ3n) is 5.74. The van der Waals surface area contributed by atoms with Crippen molar-refractivity contribution < 1.29 is 18.0 Å². The molecule has 0 aliphatic carbocycles. The van der Waals surface area contributed by atoms with Gasteiger partial charge in [0.15, 0.2) is 0 Å². The number of halogens is 4. The molecule has 0 radical (unpaired) electrons. The number of pyridine rings is 1. The van der Waals surface area contributed by atoms with Crippen LogP contribution in [0, 0.1) is 6.92 Å². The predicted molar refractivity (Wildman–Crippen MR) is 116 cm³/mol. The maximum Gasteiger partial charge on any atom is 0.416 e. The van der Waals surface area contributed by atoms with E-state index in [1.165, 1.54) is 6.07 Å². The monoisotopic (exact) mass is 447 g/mol. The molecule has 1 amide bonds. The Kier molecular flexibility index (Phi) is 5.79. The summed E-state index contributed by atoms with van der Waals surface area (Å²) in [5.41, 5.74) is 1.54. The zero-order chi connectivity index (χ0) is 22.2. The van der Waals surface area contributed by atoms with Crippen molar-refractivity contribution in [2.24, 2.45) is 0 Å². The summed E-state index contributed by atoms with van der Waals surface area (Å²) in [6, 6.07) is 8.95. The molecule has 1 aliphatic rings. The highest BCUT2D eigenvalue weighted by Gasteiger charge is 2.31. The standard InChI is InChI=1S/C23H21ClF3N3O/c1-14-5-4-6-16-21(14)17(20-7-2-3-10-30(20)13-31)12-28-22(16)29-19-9-8-15(11-18(19)24)23(25,26)27/h4-6,8-9,11-13,20H,2-3,7,10H2,1H3,(H,28,29). The van der Waals surface area contributed by atoms with Crippen LogP contribution in [-0.2, 0) is 11.0 Å². The lowest BCUT2D eigenvalue weighted by Gasteiger charge is -2.34. The Bertz CT molecular complexity index is 1130. The molecule has 162 valence electrons. The van der Waals surface area contributed by atoms with Gasteiger partial charge in [-0.25, -0.2) is 4.98 Å². The van der Waals surface area contributed by atoms with Crippen molar-refractivity contribution in [1.29, 1.82) is 0 Å². The van der Waals surface area contributed by atoms with Crippen LogP contribution in [0.15, 0.2) is 42.6 Å². The van der Waals surface area contributed by atoms with E-state index in [0.29, 0.717) is 18.1 Å². The number of nitrogens with zero attached hydrogens (tertiary/aromatic N) is 2. The Balaban J connectivity index is 1.77. The number of aromatic nitrogens is 1. The highest BCUT2D eigenvalue weighted by molar-refractivity contribution is 6.33. The lowest BCUT2D eigenvalue weighted by atomic mass is 9.91. The van der Waals surface area contributed by atoms with Gasteiger partial charge in [-0.15, -0.1) is 0 Å². The summed E-state index contributed by atoms with van der Waals surface area (Å²) in [5.74, 6) is 0.498. The molecule has 2 heterocycles. The van der Waals surface area contributed by atoms with Gasteiger partial charge in [0.1, 0.15) is 5.82 Å². The molecule has 2 aromatic carbocycles. The maximum absolute atomic E-state index is 12.9. The van der Waals surface area contributed by atoms with Gasteiger partial charge in [0.05, 0.1) is 22.3 Å². The second kappa shape index (κ2) is 8.38. The van der Waals surface area contributed by atoms with Gasteiger partial charge < -0.3 is 10.2 Å². The summed E-state index contributed by atoms with van der Waals surface area (Å²) in [7, 11) is 0. The molecule has 1 saturated heterocycles. The number of alkyl halides is 3. The molecule has 1 fully saturated rings. The van der Waals surface area contributed by atoms with E-state index in [9.17, 15) is 18.0 Å². The van der Waals surface area contributed by atoms with Crippen LogP contribution in [0.3, 0.4) is 0 Å². The minimum atomic E-state index is -4.46. The third kappa shape index (κ3) is 4.19. The van der Waals surface area contributed by atoms with E-state index in [1.54, 1.807) is 6.20 Å². The van der Waals surface area contributed by atoms with E-state index >= 15 is 0 Å². The van der Waals surface area contributed by atoms with Crippen LogP contribution in [0.5, 0.6) is 0 Å². The number of aryl methyl sites for hydroxylation is 1. The van der Waals surface area contributed by atoms with E-state index < -0.39 is 11.7 Å². The van der Waals surface area contributed by atoms with Crippen molar-refractivity contribution in [3.63, 3.8) is 0 Å². The molecule has 8 heteroatoms. The van der Waals surface area contributed by atoms with Crippen molar-refractivity contribution in [1.82, 2.24) is 9.88 Å². The first kappa shape index (κ1) is 21.4. The number of nitrogens with one attached hydrogen (secondary N) is 1. The highest BCUT2D eigenvalue weighted by Crippen LogP contribution is 2.39. The number of carbonyl (C=O) groups is 1. The van der Waals surface area contributed by atoms with Gasteiger partial charge in [-0.3, -0.25) is 4.79 Å². The SMILES string of the molecule is Cc1cccc2c(Nc3ccc(C(F)(F)F)cc3Cl)ncc(C3CCCCN3C=O)c12. The number of amides is 1. The Morgan fingerprint density at radius 2 is 2.03 bits per heavy atom. The number of likely N-dealkylation sites (tertiary alicyclic amines) is 1.